The van der Waals surface area contributed by atoms with E-state index >= 15 is 0 Å². The summed E-state index contributed by atoms with van der Waals surface area (Å²) < 4.78 is 0. The molecule has 3 nitrogen and oxygen atoms in total. The molecule has 2 N–H and O–H groups in total. The Morgan fingerprint density at radius 1 is 1.35 bits per heavy atom. The molecule has 1 aliphatic carbocycles. The van der Waals surface area contributed by atoms with Gasteiger partial charge in [0.25, 0.3) is 0 Å². The van der Waals surface area contributed by atoms with Crippen molar-refractivity contribution in [2.24, 2.45) is 5.92 Å². The van der Waals surface area contributed by atoms with Crippen LogP contribution in [0.3, 0.4) is 0 Å². The molecule has 1 aromatic carbocycles. The van der Waals surface area contributed by atoms with Crippen molar-refractivity contribution in [2.75, 3.05) is 18.8 Å². The lowest BCUT2D eigenvalue weighted by Crippen LogP contribution is -2.19. The number of rotatable bonds is 6. The fourth-order valence-electron chi connectivity index (χ4n) is 1.85. The molecule has 17 heavy (non-hydrogen) atoms. The van der Waals surface area contributed by atoms with Crippen LogP contribution in [-0.2, 0) is 0 Å². The molecule has 1 aromatic heterocycles. The number of imidazole rings is 1. The first-order valence-corrected chi connectivity index (χ1v) is 7.18. The van der Waals surface area contributed by atoms with Crippen molar-refractivity contribution in [3.8, 4) is 0 Å². The lowest BCUT2D eigenvalue weighted by molar-refractivity contribution is 0.665. The Morgan fingerprint density at radius 3 is 3.06 bits per heavy atom. The summed E-state index contributed by atoms with van der Waals surface area (Å²) in [5.41, 5.74) is 2.18. The molecular weight excluding hydrogens is 230 g/mol. The summed E-state index contributed by atoms with van der Waals surface area (Å²) in [6.07, 6.45) is 2.84. The molecule has 0 atom stereocenters. The van der Waals surface area contributed by atoms with E-state index in [1.165, 1.54) is 19.4 Å². The van der Waals surface area contributed by atoms with Gasteiger partial charge in [0, 0.05) is 12.3 Å². The minimum absolute atomic E-state index is 0.964. The second-order valence-electron chi connectivity index (χ2n) is 4.56. The highest BCUT2D eigenvalue weighted by atomic mass is 32.2. The van der Waals surface area contributed by atoms with Crippen LogP contribution in [-0.4, -0.2) is 28.8 Å². The van der Waals surface area contributed by atoms with Crippen molar-refractivity contribution < 1.29 is 0 Å². The van der Waals surface area contributed by atoms with E-state index in [2.05, 4.69) is 21.4 Å². The molecule has 90 valence electrons. The standard InChI is InChI=1S/C13H17N3S/c1-2-4-12-11(3-1)15-13(16-12)17-8-7-14-9-10-5-6-10/h1-4,10,14H,5-9H2,(H,15,16). The summed E-state index contributed by atoms with van der Waals surface area (Å²) in [5, 5.41) is 4.52. The first-order valence-electron chi connectivity index (χ1n) is 6.20. The van der Waals surface area contributed by atoms with E-state index in [9.17, 15) is 0 Å². The van der Waals surface area contributed by atoms with Gasteiger partial charge in [-0.05, 0) is 37.4 Å². The van der Waals surface area contributed by atoms with Crippen molar-refractivity contribution in [3.63, 3.8) is 0 Å². The topological polar surface area (TPSA) is 40.7 Å². The second kappa shape index (κ2) is 5.10. The van der Waals surface area contributed by atoms with Crippen molar-refractivity contribution in [1.82, 2.24) is 15.3 Å². The van der Waals surface area contributed by atoms with E-state index in [0.717, 1.165) is 34.4 Å². The van der Waals surface area contributed by atoms with Crippen molar-refractivity contribution in [3.05, 3.63) is 24.3 Å². The maximum atomic E-state index is 4.54. The number of hydrogen-bond acceptors (Lipinski definition) is 3. The molecule has 0 saturated heterocycles. The molecular formula is C13H17N3S. The zero-order chi connectivity index (χ0) is 11.5. The van der Waals surface area contributed by atoms with Gasteiger partial charge in [-0.2, -0.15) is 0 Å². The van der Waals surface area contributed by atoms with Crippen molar-refractivity contribution >= 4 is 22.8 Å². The maximum absolute atomic E-state index is 4.54. The van der Waals surface area contributed by atoms with Gasteiger partial charge in [0.1, 0.15) is 0 Å². The van der Waals surface area contributed by atoms with Gasteiger partial charge in [-0.1, -0.05) is 23.9 Å². The average molecular weight is 247 g/mol. The maximum Gasteiger partial charge on any atom is 0.166 e. The lowest BCUT2D eigenvalue weighted by Gasteiger charge is -2.01. The number of H-pyrrole nitrogens is 1. The van der Waals surface area contributed by atoms with Crippen LogP contribution < -0.4 is 5.32 Å². The van der Waals surface area contributed by atoms with Gasteiger partial charge in [-0.15, -0.1) is 0 Å². The normalized spacial score (nSPS) is 15.5. The fraction of sp³-hybridized carbons (Fsp3) is 0.462. The van der Waals surface area contributed by atoms with E-state index in [0.29, 0.717) is 0 Å². The molecule has 0 unspecified atom stereocenters. The summed E-state index contributed by atoms with van der Waals surface area (Å²) in [6, 6.07) is 8.17. The molecule has 0 spiro atoms. The first-order chi connectivity index (χ1) is 8.42. The van der Waals surface area contributed by atoms with E-state index in [-0.39, 0.29) is 0 Å². The van der Waals surface area contributed by atoms with Crippen LogP contribution in [0.15, 0.2) is 29.4 Å². The Morgan fingerprint density at radius 2 is 2.24 bits per heavy atom. The van der Waals surface area contributed by atoms with Crippen LogP contribution in [0.1, 0.15) is 12.8 Å². The predicted molar refractivity (Wildman–Crippen MR) is 72.4 cm³/mol. The SMILES string of the molecule is c1ccc2[nH]c(SCCNCC3CC3)nc2c1. The Bertz CT molecular complexity index is 457. The fourth-order valence-corrected chi connectivity index (χ4v) is 2.63. The van der Waals surface area contributed by atoms with Gasteiger partial charge in [0.05, 0.1) is 11.0 Å². The zero-order valence-electron chi connectivity index (χ0n) is 9.78. The number of nitrogens with one attached hydrogen (secondary N) is 2. The molecule has 0 aliphatic heterocycles. The van der Waals surface area contributed by atoms with E-state index < -0.39 is 0 Å². The van der Waals surface area contributed by atoms with E-state index in [1.807, 2.05) is 18.2 Å². The number of fused-ring (bicyclic) bond motifs is 1. The Labute approximate surface area is 105 Å². The van der Waals surface area contributed by atoms with E-state index in [4.69, 9.17) is 0 Å². The second-order valence-corrected chi connectivity index (χ2v) is 5.64. The highest BCUT2D eigenvalue weighted by molar-refractivity contribution is 7.99. The lowest BCUT2D eigenvalue weighted by atomic mass is 10.3. The molecule has 0 amide bonds. The molecule has 4 heteroatoms. The first kappa shape index (κ1) is 11.1. The number of thioether (sulfide) groups is 1. The van der Waals surface area contributed by atoms with Crippen molar-refractivity contribution in [1.29, 1.82) is 0 Å². The zero-order valence-corrected chi connectivity index (χ0v) is 10.6. The summed E-state index contributed by atoms with van der Waals surface area (Å²) in [7, 11) is 0. The molecule has 1 aliphatic rings. The van der Waals surface area contributed by atoms with Gasteiger partial charge in [-0.3, -0.25) is 0 Å². The minimum Gasteiger partial charge on any atom is -0.333 e. The number of para-hydroxylation sites is 2. The van der Waals surface area contributed by atoms with Gasteiger partial charge in [0.15, 0.2) is 5.16 Å². The smallest absolute Gasteiger partial charge is 0.166 e. The number of nitrogens with zero attached hydrogens (tertiary/aromatic N) is 1. The monoisotopic (exact) mass is 247 g/mol. The number of hydrogen-bond donors (Lipinski definition) is 2. The summed E-state index contributed by atoms with van der Waals surface area (Å²) in [5.74, 6) is 2.04. The molecule has 2 aromatic rings. The third-order valence-corrected chi connectivity index (χ3v) is 3.89. The van der Waals surface area contributed by atoms with Crippen LogP contribution in [0.5, 0.6) is 0 Å². The van der Waals surface area contributed by atoms with Gasteiger partial charge >= 0.3 is 0 Å². The van der Waals surface area contributed by atoms with Crippen LogP contribution in [0, 0.1) is 5.92 Å². The van der Waals surface area contributed by atoms with Crippen LogP contribution >= 0.6 is 11.8 Å². The van der Waals surface area contributed by atoms with Crippen molar-refractivity contribution in [2.45, 2.75) is 18.0 Å². The molecule has 1 saturated carbocycles. The Hall–Kier alpha value is -1.00. The Kier molecular flexibility index (Phi) is 3.34. The minimum atomic E-state index is 0.964. The molecule has 1 heterocycles. The van der Waals surface area contributed by atoms with E-state index in [1.54, 1.807) is 11.8 Å². The Balaban J connectivity index is 1.46. The van der Waals surface area contributed by atoms with Gasteiger partial charge in [0.2, 0.25) is 0 Å². The third kappa shape index (κ3) is 3.01. The quantitative estimate of drug-likeness (QED) is 0.609. The highest BCUT2D eigenvalue weighted by Crippen LogP contribution is 2.27. The molecule has 0 radical (unpaired) electrons. The van der Waals surface area contributed by atoms with Gasteiger partial charge in [-0.25, -0.2) is 4.98 Å². The number of benzene rings is 1. The van der Waals surface area contributed by atoms with Crippen LogP contribution in [0.25, 0.3) is 11.0 Å². The number of aromatic amines is 1. The summed E-state index contributed by atoms with van der Waals surface area (Å²) >= 11 is 1.79. The summed E-state index contributed by atoms with van der Waals surface area (Å²) in [6.45, 7) is 2.26. The third-order valence-electron chi connectivity index (χ3n) is 3.02. The molecule has 0 bridgehead atoms. The largest absolute Gasteiger partial charge is 0.333 e. The average Bonchev–Trinajstić information content (AvgIpc) is 3.07. The number of aromatic nitrogens is 2. The van der Waals surface area contributed by atoms with Crippen LogP contribution in [0.2, 0.25) is 0 Å². The van der Waals surface area contributed by atoms with Gasteiger partial charge < -0.3 is 10.3 Å². The predicted octanol–water partition coefficient (Wildman–Crippen LogP) is 2.65. The van der Waals surface area contributed by atoms with Crippen LogP contribution in [0.4, 0.5) is 0 Å². The summed E-state index contributed by atoms with van der Waals surface area (Å²) in [4.78, 5) is 7.87. The highest BCUT2D eigenvalue weighted by Gasteiger charge is 2.19. The molecule has 3 rings (SSSR count). The molecule has 1 fully saturated rings.